The summed E-state index contributed by atoms with van der Waals surface area (Å²) < 4.78 is 31.8. The van der Waals surface area contributed by atoms with Gasteiger partial charge >= 0.3 is 0 Å². The topological polar surface area (TPSA) is 72.6 Å². The van der Waals surface area contributed by atoms with Gasteiger partial charge in [-0.05, 0) is 43.4 Å². The number of nitrogens with zero attached hydrogens (tertiary/aromatic N) is 1. The second-order valence-electron chi connectivity index (χ2n) is 5.32. The van der Waals surface area contributed by atoms with Crippen LogP contribution in [0.2, 0.25) is 0 Å². The molecule has 1 aliphatic heterocycles. The van der Waals surface area contributed by atoms with E-state index in [0.717, 1.165) is 18.4 Å². The van der Waals surface area contributed by atoms with Gasteiger partial charge in [-0.1, -0.05) is 6.07 Å². The molecule has 20 heavy (non-hydrogen) atoms. The Morgan fingerprint density at radius 3 is 2.55 bits per heavy atom. The summed E-state index contributed by atoms with van der Waals surface area (Å²) in [6, 6.07) is 4.92. The lowest BCUT2D eigenvalue weighted by molar-refractivity contribution is 0.121. The SMILES string of the molecule is COCC1CCN(S(=O)(=O)c2ccc(C)c(N)c2)CC1. The molecule has 0 bridgehead atoms. The first-order chi connectivity index (χ1) is 9.45. The first kappa shape index (κ1) is 15.3. The van der Waals surface area contributed by atoms with Gasteiger partial charge in [-0.2, -0.15) is 4.31 Å². The third-order valence-corrected chi connectivity index (χ3v) is 5.76. The number of hydrogen-bond donors (Lipinski definition) is 1. The van der Waals surface area contributed by atoms with E-state index in [9.17, 15) is 8.42 Å². The number of aryl methyl sites for hydroxylation is 1. The number of benzene rings is 1. The number of ether oxygens (including phenoxy) is 1. The number of piperidine rings is 1. The van der Waals surface area contributed by atoms with Crippen molar-refractivity contribution in [1.82, 2.24) is 4.31 Å². The monoisotopic (exact) mass is 298 g/mol. The molecule has 0 unspecified atom stereocenters. The van der Waals surface area contributed by atoms with Crippen molar-refractivity contribution in [1.29, 1.82) is 0 Å². The highest BCUT2D eigenvalue weighted by atomic mass is 32.2. The fourth-order valence-electron chi connectivity index (χ4n) is 2.48. The van der Waals surface area contributed by atoms with Crippen molar-refractivity contribution in [2.75, 3.05) is 32.5 Å². The van der Waals surface area contributed by atoms with Crippen LogP contribution in [0.25, 0.3) is 0 Å². The Labute approximate surface area is 120 Å². The van der Waals surface area contributed by atoms with Crippen molar-refractivity contribution >= 4 is 15.7 Å². The number of methoxy groups -OCH3 is 1. The van der Waals surface area contributed by atoms with E-state index in [4.69, 9.17) is 10.5 Å². The van der Waals surface area contributed by atoms with Crippen LogP contribution in [0, 0.1) is 12.8 Å². The van der Waals surface area contributed by atoms with E-state index >= 15 is 0 Å². The average Bonchev–Trinajstić information content (AvgIpc) is 2.43. The average molecular weight is 298 g/mol. The molecule has 0 spiro atoms. The maximum atomic E-state index is 12.6. The third-order valence-electron chi connectivity index (χ3n) is 3.86. The Bertz CT molecular complexity index is 564. The van der Waals surface area contributed by atoms with Crippen molar-refractivity contribution < 1.29 is 13.2 Å². The van der Waals surface area contributed by atoms with Gasteiger partial charge in [-0.15, -0.1) is 0 Å². The number of nitrogens with two attached hydrogens (primary N) is 1. The standard InChI is InChI=1S/C14H22N2O3S/c1-11-3-4-13(9-14(11)15)20(17,18)16-7-5-12(6-8-16)10-19-2/h3-4,9,12H,5-8,10,15H2,1-2H3. The lowest BCUT2D eigenvalue weighted by Crippen LogP contribution is -2.39. The maximum Gasteiger partial charge on any atom is 0.243 e. The Morgan fingerprint density at radius 2 is 2.00 bits per heavy atom. The molecular weight excluding hydrogens is 276 g/mol. The summed E-state index contributed by atoms with van der Waals surface area (Å²) >= 11 is 0. The molecule has 2 N–H and O–H groups in total. The quantitative estimate of drug-likeness (QED) is 0.857. The van der Waals surface area contributed by atoms with Gasteiger partial charge < -0.3 is 10.5 Å². The third kappa shape index (κ3) is 3.13. The van der Waals surface area contributed by atoms with E-state index in [1.807, 2.05) is 6.92 Å². The molecule has 1 aliphatic rings. The van der Waals surface area contributed by atoms with Crippen LogP contribution in [0.1, 0.15) is 18.4 Å². The molecule has 1 heterocycles. The number of hydrogen-bond acceptors (Lipinski definition) is 4. The second kappa shape index (κ2) is 6.11. The molecule has 0 amide bonds. The van der Waals surface area contributed by atoms with Gasteiger partial charge in [0.2, 0.25) is 10.0 Å². The van der Waals surface area contributed by atoms with Crippen LogP contribution in [0.3, 0.4) is 0 Å². The maximum absolute atomic E-state index is 12.6. The van der Waals surface area contributed by atoms with Crippen molar-refractivity contribution in [3.8, 4) is 0 Å². The van der Waals surface area contributed by atoms with Crippen LogP contribution in [-0.4, -0.2) is 39.5 Å². The van der Waals surface area contributed by atoms with Crippen LogP contribution < -0.4 is 5.73 Å². The van der Waals surface area contributed by atoms with E-state index in [2.05, 4.69) is 0 Å². The van der Waals surface area contributed by atoms with Crippen molar-refractivity contribution in [2.24, 2.45) is 5.92 Å². The first-order valence-electron chi connectivity index (χ1n) is 6.80. The van der Waals surface area contributed by atoms with Crippen molar-refractivity contribution in [2.45, 2.75) is 24.7 Å². The fourth-order valence-corrected chi connectivity index (χ4v) is 3.99. The molecule has 0 aromatic heterocycles. The summed E-state index contributed by atoms with van der Waals surface area (Å²) in [7, 11) is -1.75. The van der Waals surface area contributed by atoms with Gasteiger partial charge in [0.25, 0.3) is 0 Å². The van der Waals surface area contributed by atoms with E-state index < -0.39 is 10.0 Å². The zero-order valence-corrected chi connectivity index (χ0v) is 12.8. The predicted molar refractivity (Wildman–Crippen MR) is 79.0 cm³/mol. The molecule has 1 saturated heterocycles. The highest BCUT2D eigenvalue weighted by Crippen LogP contribution is 2.25. The normalized spacial score (nSPS) is 18.3. The first-order valence-corrected chi connectivity index (χ1v) is 8.24. The van der Waals surface area contributed by atoms with Gasteiger partial charge in [0.15, 0.2) is 0 Å². The van der Waals surface area contributed by atoms with E-state index in [1.54, 1.807) is 29.6 Å². The van der Waals surface area contributed by atoms with Crippen molar-refractivity contribution in [3.05, 3.63) is 23.8 Å². The minimum Gasteiger partial charge on any atom is -0.398 e. The molecule has 0 atom stereocenters. The van der Waals surface area contributed by atoms with Crippen LogP contribution >= 0.6 is 0 Å². The van der Waals surface area contributed by atoms with Crippen LogP contribution in [0.15, 0.2) is 23.1 Å². The van der Waals surface area contributed by atoms with E-state index in [1.165, 1.54) is 0 Å². The molecule has 0 aliphatic carbocycles. The molecule has 1 aromatic rings. The zero-order chi connectivity index (χ0) is 14.8. The number of nitrogen functional groups attached to an aromatic ring is 1. The Balaban J connectivity index is 2.13. The molecule has 0 saturated carbocycles. The number of rotatable bonds is 4. The summed E-state index contributed by atoms with van der Waals surface area (Å²) in [5, 5.41) is 0. The fraction of sp³-hybridized carbons (Fsp3) is 0.571. The summed E-state index contributed by atoms with van der Waals surface area (Å²) in [5.41, 5.74) is 7.21. The molecule has 2 rings (SSSR count). The minimum absolute atomic E-state index is 0.283. The lowest BCUT2D eigenvalue weighted by atomic mass is 9.99. The summed E-state index contributed by atoms with van der Waals surface area (Å²) in [4.78, 5) is 0.283. The predicted octanol–water partition coefficient (Wildman–Crippen LogP) is 1.62. The van der Waals surface area contributed by atoms with Crippen LogP contribution in [0.5, 0.6) is 0 Å². The molecule has 5 nitrogen and oxygen atoms in total. The van der Waals surface area contributed by atoms with Gasteiger partial charge in [-0.25, -0.2) is 8.42 Å². The molecule has 6 heteroatoms. The molecule has 0 radical (unpaired) electrons. The van der Waals surface area contributed by atoms with E-state index in [-0.39, 0.29) is 4.90 Å². The van der Waals surface area contributed by atoms with Gasteiger partial charge in [-0.3, -0.25) is 0 Å². The largest absolute Gasteiger partial charge is 0.398 e. The van der Waals surface area contributed by atoms with Crippen molar-refractivity contribution in [3.63, 3.8) is 0 Å². The summed E-state index contributed by atoms with van der Waals surface area (Å²) in [5.74, 6) is 0.453. The van der Waals surface area contributed by atoms with Crippen LogP contribution in [0.4, 0.5) is 5.69 Å². The Kier molecular flexibility index (Phi) is 4.67. The van der Waals surface area contributed by atoms with Gasteiger partial charge in [0.05, 0.1) is 4.90 Å². The Morgan fingerprint density at radius 1 is 1.35 bits per heavy atom. The van der Waals surface area contributed by atoms with Gasteiger partial charge in [0.1, 0.15) is 0 Å². The zero-order valence-electron chi connectivity index (χ0n) is 12.0. The molecule has 112 valence electrons. The number of anilines is 1. The summed E-state index contributed by atoms with van der Waals surface area (Å²) in [6.45, 7) is 3.65. The minimum atomic E-state index is -3.43. The highest BCUT2D eigenvalue weighted by Gasteiger charge is 2.29. The molecular formula is C14H22N2O3S. The number of sulfonamides is 1. The van der Waals surface area contributed by atoms with Crippen LogP contribution in [-0.2, 0) is 14.8 Å². The highest BCUT2D eigenvalue weighted by molar-refractivity contribution is 7.89. The second-order valence-corrected chi connectivity index (χ2v) is 7.26. The smallest absolute Gasteiger partial charge is 0.243 e. The lowest BCUT2D eigenvalue weighted by Gasteiger charge is -2.30. The Hall–Kier alpha value is -1.11. The molecule has 1 fully saturated rings. The van der Waals surface area contributed by atoms with E-state index in [0.29, 0.717) is 31.3 Å². The molecule has 1 aromatic carbocycles. The van der Waals surface area contributed by atoms with Gasteiger partial charge in [0, 0.05) is 32.5 Å². The summed E-state index contributed by atoms with van der Waals surface area (Å²) in [6.07, 6.45) is 1.68.